The van der Waals surface area contributed by atoms with Crippen LogP contribution in [0.25, 0.3) is 0 Å². The van der Waals surface area contributed by atoms with Gasteiger partial charge in [-0.1, -0.05) is 90.9 Å². The average Bonchev–Trinajstić information content (AvgIpc) is 2.52. The van der Waals surface area contributed by atoms with Gasteiger partial charge in [-0.05, 0) is 12.3 Å². The van der Waals surface area contributed by atoms with Crippen molar-refractivity contribution in [1.82, 2.24) is 5.32 Å². The van der Waals surface area contributed by atoms with Crippen molar-refractivity contribution >= 4 is 11.9 Å². The summed E-state index contributed by atoms with van der Waals surface area (Å²) < 4.78 is 0. The van der Waals surface area contributed by atoms with Crippen LogP contribution in [0, 0.1) is 5.92 Å². The molecule has 142 valence electrons. The second-order valence-electron chi connectivity index (χ2n) is 7.35. The molecule has 0 bridgehead atoms. The molecule has 0 heterocycles. The third-order valence-corrected chi connectivity index (χ3v) is 4.37. The third kappa shape index (κ3) is 19.0. The molecule has 4 nitrogen and oxygen atoms in total. The Kier molecular flexibility index (Phi) is 16.0. The molecule has 0 aromatic heterocycles. The first-order chi connectivity index (χ1) is 11.5. The number of carboxylic acids is 1. The van der Waals surface area contributed by atoms with E-state index in [2.05, 4.69) is 19.2 Å². The predicted octanol–water partition coefficient (Wildman–Crippen LogP) is 5.30. The molecule has 0 unspecified atom stereocenters. The smallest absolute Gasteiger partial charge is 0.322 e. The maximum absolute atomic E-state index is 11.3. The zero-order valence-corrected chi connectivity index (χ0v) is 15.9. The van der Waals surface area contributed by atoms with Crippen LogP contribution in [0.5, 0.6) is 0 Å². The van der Waals surface area contributed by atoms with Gasteiger partial charge in [-0.15, -0.1) is 0 Å². The molecule has 0 aromatic carbocycles. The quantitative estimate of drug-likeness (QED) is 0.353. The Labute approximate surface area is 148 Å². The van der Waals surface area contributed by atoms with Gasteiger partial charge in [-0.2, -0.15) is 0 Å². The van der Waals surface area contributed by atoms with Crippen LogP contribution in [0.3, 0.4) is 0 Å². The van der Waals surface area contributed by atoms with Crippen LogP contribution < -0.4 is 5.32 Å². The highest BCUT2D eigenvalue weighted by molar-refractivity contribution is 5.80. The minimum absolute atomic E-state index is 0.147. The van der Waals surface area contributed by atoms with Crippen molar-refractivity contribution in [2.45, 2.75) is 104 Å². The second kappa shape index (κ2) is 16.8. The third-order valence-electron chi connectivity index (χ3n) is 4.37. The SMILES string of the molecule is CC(C)CCCCCCCCCCCCCCC(=O)NCC(=O)O. The molecule has 2 N–H and O–H groups in total. The van der Waals surface area contributed by atoms with E-state index in [0.717, 1.165) is 18.8 Å². The molecule has 0 fully saturated rings. The van der Waals surface area contributed by atoms with E-state index in [-0.39, 0.29) is 12.5 Å². The second-order valence-corrected chi connectivity index (χ2v) is 7.35. The lowest BCUT2D eigenvalue weighted by atomic mass is 10.0. The summed E-state index contributed by atoms with van der Waals surface area (Å²) in [5.74, 6) is -0.283. The van der Waals surface area contributed by atoms with Gasteiger partial charge < -0.3 is 10.4 Å². The van der Waals surface area contributed by atoms with Gasteiger partial charge in [0.15, 0.2) is 0 Å². The number of amides is 1. The highest BCUT2D eigenvalue weighted by Crippen LogP contribution is 2.14. The maximum atomic E-state index is 11.3. The fourth-order valence-corrected chi connectivity index (χ4v) is 2.87. The van der Waals surface area contributed by atoms with E-state index in [1.807, 2.05) is 0 Å². The lowest BCUT2D eigenvalue weighted by molar-refractivity contribution is -0.137. The van der Waals surface area contributed by atoms with Gasteiger partial charge in [-0.25, -0.2) is 0 Å². The first kappa shape index (κ1) is 22.9. The Morgan fingerprint density at radius 2 is 1.17 bits per heavy atom. The molecule has 0 saturated carbocycles. The molecule has 0 atom stereocenters. The number of carboxylic acid groups (broad SMARTS) is 1. The first-order valence-electron chi connectivity index (χ1n) is 10.0. The molecule has 0 saturated heterocycles. The number of carbonyl (C=O) groups is 2. The van der Waals surface area contributed by atoms with E-state index in [9.17, 15) is 9.59 Å². The number of aliphatic carboxylic acids is 1. The molecule has 0 aliphatic carbocycles. The summed E-state index contributed by atoms with van der Waals surface area (Å²) in [5, 5.41) is 10.8. The van der Waals surface area contributed by atoms with Gasteiger partial charge in [0.05, 0.1) is 0 Å². The largest absolute Gasteiger partial charge is 0.480 e. The van der Waals surface area contributed by atoms with Crippen LogP contribution in [-0.4, -0.2) is 23.5 Å². The summed E-state index contributed by atoms with van der Waals surface area (Å²) in [5.41, 5.74) is 0. The topological polar surface area (TPSA) is 66.4 Å². The molecule has 24 heavy (non-hydrogen) atoms. The fourth-order valence-electron chi connectivity index (χ4n) is 2.87. The Bertz CT molecular complexity index is 316. The van der Waals surface area contributed by atoms with E-state index < -0.39 is 5.97 Å². The highest BCUT2D eigenvalue weighted by atomic mass is 16.4. The van der Waals surface area contributed by atoms with Crippen LogP contribution in [0.15, 0.2) is 0 Å². The molecular weight excluding hydrogens is 302 g/mol. The Balaban J connectivity index is 3.12. The standard InChI is InChI=1S/C20H39NO3/c1-18(2)15-13-11-9-7-5-3-4-6-8-10-12-14-16-19(22)21-17-20(23)24/h18H,3-17H2,1-2H3,(H,21,22)(H,23,24). The van der Waals surface area contributed by atoms with Crippen LogP contribution in [0.2, 0.25) is 0 Å². The molecule has 0 spiro atoms. The summed E-state index contributed by atoms with van der Waals surface area (Å²) in [6.45, 7) is 4.33. The van der Waals surface area contributed by atoms with E-state index in [1.165, 1.54) is 70.6 Å². The summed E-state index contributed by atoms with van der Waals surface area (Å²) in [4.78, 5) is 21.6. The Hall–Kier alpha value is -1.06. The number of hydrogen-bond acceptors (Lipinski definition) is 2. The van der Waals surface area contributed by atoms with Crippen LogP contribution in [0.1, 0.15) is 104 Å². The molecule has 0 aliphatic heterocycles. The van der Waals surface area contributed by atoms with Gasteiger partial charge in [-0.3, -0.25) is 9.59 Å². The number of carbonyl (C=O) groups excluding carboxylic acids is 1. The highest BCUT2D eigenvalue weighted by Gasteiger charge is 2.03. The van der Waals surface area contributed by atoms with Crippen molar-refractivity contribution in [2.24, 2.45) is 5.92 Å². The lowest BCUT2D eigenvalue weighted by Gasteiger charge is -2.05. The van der Waals surface area contributed by atoms with Crippen LogP contribution in [0.4, 0.5) is 0 Å². The zero-order chi connectivity index (χ0) is 18.0. The molecule has 1 amide bonds. The van der Waals surface area contributed by atoms with Crippen molar-refractivity contribution in [3.05, 3.63) is 0 Å². The van der Waals surface area contributed by atoms with Crippen molar-refractivity contribution in [3.8, 4) is 0 Å². The van der Waals surface area contributed by atoms with E-state index in [4.69, 9.17) is 5.11 Å². The molecular formula is C20H39NO3. The molecule has 0 aromatic rings. The Morgan fingerprint density at radius 1 is 0.750 bits per heavy atom. The first-order valence-corrected chi connectivity index (χ1v) is 10.0. The maximum Gasteiger partial charge on any atom is 0.322 e. The lowest BCUT2D eigenvalue weighted by Crippen LogP contribution is -2.28. The summed E-state index contributed by atoms with van der Waals surface area (Å²) in [7, 11) is 0. The number of rotatable bonds is 17. The minimum atomic E-state index is -0.987. The van der Waals surface area contributed by atoms with Gasteiger partial charge >= 0.3 is 5.97 Å². The van der Waals surface area contributed by atoms with Gasteiger partial charge in [0.2, 0.25) is 5.91 Å². The number of unbranched alkanes of at least 4 members (excludes halogenated alkanes) is 11. The molecule has 0 radical (unpaired) electrons. The number of hydrogen-bond donors (Lipinski definition) is 2. The van der Waals surface area contributed by atoms with Crippen molar-refractivity contribution < 1.29 is 14.7 Å². The van der Waals surface area contributed by atoms with Crippen molar-refractivity contribution in [3.63, 3.8) is 0 Å². The van der Waals surface area contributed by atoms with E-state index in [0.29, 0.717) is 6.42 Å². The van der Waals surface area contributed by atoms with E-state index in [1.54, 1.807) is 0 Å². The van der Waals surface area contributed by atoms with Gasteiger partial charge in [0.1, 0.15) is 6.54 Å². The van der Waals surface area contributed by atoms with Crippen LogP contribution in [-0.2, 0) is 9.59 Å². The van der Waals surface area contributed by atoms with Crippen molar-refractivity contribution in [2.75, 3.05) is 6.54 Å². The summed E-state index contributed by atoms with van der Waals surface area (Å²) in [6.07, 6.45) is 17.2. The Morgan fingerprint density at radius 3 is 1.58 bits per heavy atom. The van der Waals surface area contributed by atoms with E-state index >= 15 is 0 Å². The minimum Gasteiger partial charge on any atom is -0.480 e. The monoisotopic (exact) mass is 341 g/mol. The molecule has 0 rings (SSSR count). The summed E-state index contributed by atoms with van der Waals surface area (Å²) >= 11 is 0. The molecule has 4 heteroatoms. The predicted molar refractivity (Wildman–Crippen MR) is 100 cm³/mol. The van der Waals surface area contributed by atoms with Gasteiger partial charge in [0.25, 0.3) is 0 Å². The fraction of sp³-hybridized carbons (Fsp3) is 0.900. The number of nitrogens with one attached hydrogen (secondary N) is 1. The normalized spacial score (nSPS) is 11.0. The van der Waals surface area contributed by atoms with Crippen LogP contribution >= 0.6 is 0 Å². The van der Waals surface area contributed by atoms with Gasteiger partial charge in [0, 0.05) is 6.42 Å². The molecule has 0 aliphatic rings. The zero-order valence-electron chi connectivity index (χ0n) is 15.9. The van der Waals surface area contributed by atoms with Crippen molar-refractivity contribution in [1.29, 1.82) is 0 Å². The average molecular weight is 342 g/mol. The summed E-state index contributed by atoms with van der Waals surface area (Å²) in [6, 6.07) is 0.